The number of ether oxygens (including phenoxy) is 2. The lowest BCUT2D eigenvalue weighted by Crippen LogP contribution is -2.39. The SMILES string of the molecule is CNS(=O)(=O)c1ccc(NCC2(OC)CCOC2)cc1N. The smallest absolute Gasteiger partial charge is 0.242 e. The molecule has 1 unspecified atom stereocenters. The molecule has 0 saturated carbocycles. The van der Waals surface area contributed by atoms with E-state index in [-0.39, 0.29) is 16.2 Å². The van der Waals surface area contributed by atoms with E-state index in [2.05, 4.69) is 10.0 Å². The predicted molar refractivity (Wildman–Crippen MR) is 80.8 cm³/mol. The van der Waals surface area contributed by atoms with E-state index in [1.807, 2.05) is 0 Å². The number of hydrogen-bond acceptors (Lipinski definition) is 6. The Morgan fingerprint density at radius 3 is 2.76 bits per heavy atom. The Bertz CT molecular complexity index is 597. The summed E-state index contributed by atoms with van der Waals surface area (Å²) in [5, 5.41) is 3.22. The first-order chi connectivity index (χ1) is 9.92. The summed E-state index contributed by atoms with van der Waals surface area (Å²) in [6, 6.07) is 4.76. The summed E-state index contributed by atoms with van der Waals surface area (Å²) in [5.41, 5.74) is 6.41. The molecule has 7 nitrogen and oxygen atoms in total. The van der Waals surface area contributed by atoms with Crippen molar-refractivity contribution in [2.24, 2.45) is 0 Å². The average Bonchev–Trinajstić information content (AvgIpc) is 2.94. The zero-order valence-electron chi connectivity index (χ0n) is 12.2. The van der Waals surface area contributed by atoms with Crippen molar-refractivity contribution >= 4 is 21.4 Å². The van der Waals surface area contributed by atoms with Gasteiger partial charge in [0.1, 0.15) is 10.5 Å². The van der Waals surface area contributed by atoms with Crippen LogP contribution in [0.3, 0.4) is 0 Å². The Labute approximate surface area is 124 Å². The molecule has 4 N–H and O–H groups in total. The lowest BCUT2D eigenvalue weighted by atomic mass is 10.0. The molecule has 1 aliphatic heterocycles. The predicted octanol–water partition coefficient (Wildman–Crippen LogP) is 0.394. The number of anilines is 2. The molecule has 1 atom stereocenters. The molecule has 0 aromatic heterocycles. The van der Waals surface area contributed by atoms with Gasteiger partial charge in [-0.1, -0.05) is 0 Å². The maximum Gasteiger partial charge on any atom is 0.242 e. The summed E-state index contributed by atoms with van der Waals surface area (Å²) >= 11 is 0. The van der Waals surface area contributed by atoms with Gasteiger partial charge < -0.3 is 20.5 Å². The van der Waals surface area contributed by atoms with Crippen LogP contribution in [0.2, 0.25) is 0 Å². The Morgan fingerprint density at radius 2 is 2.24 bits per heavy atom. The maximum atomic E-state index is 11.7. The van der Waals surface area contributed by atoms with Gasteiger partial charge in [0.05, 0.1) is 12.3 Å². The fraction of sp³-hybridized carbons (Fsp3) is 0.538. The van der Waals surface area contributed by atoms with Crippen molar-refractivity contribution in [3.05, 3.63) is 18.2 Å². The molecule has 0 amide bonds. The summed E-state index contributed by atoms with van der Waals surface area (Å²) in [5.74, 6) is 0. The molecule has 8 heteroatoms. The van der Waals surface area contributed by atoms with Gasteiger partial charge in [-0.05, 0) is 25.2 Å². The quantitative estimate of drug-likeness (QED) is 0.657. The first-order valence-corrected chi connectivity index (χ1v) is 8.11. The Kier molecular flexibility index (Phi) is 4.72. The number of rotatable bonds is 6. The van der Waals surface area contributed by atoms with Gasteiger partial charge in [0.15, 0.2) is 0 Å². The summed E-state index contributed by atoms with van der Waals surface area (Å²) in [7, 11) is -0.530. The molecule has 1 fully saturated rings. The van der Waals surface area contributed by atoms with Crippen LogP contribution in [0.25, 0.3) is 0 Å². The Balaban J connectivity index is 2.11. The Hall–Kier alpha value is -1.35. The van der Waals surface area contributed by atoms with Crippen molar-refractivity contribution in [2.45, 2.75) is 16.9 Å². The average molecular weight is 315 g/mol. The molecule has 0 aliphatic carbocycles. The molecule has 21 heavy (non-hydrogen) atoms. The maximum absolute atomic E-state index is 11.7. The molecule has 1 aliphatic rings. The number of nitrogens with one attached hydrogen (secondary N) is 2. The van der Waals surface area contributed by atoms with E-state index in [0.717, 1.165) is 12.1 Å². The summed E-state index contributed by atoms with van der Waals surface area (Å²) in [6.45, 7) is 1.79. The second-order valence-electron chi connectivity index (χ2n) is 5.00. The first kappa shape index (κ1) is 16.0. The molecular weight excluding hydrogens is 294 g/mol. The second kappa shape index (κ2) is 6.18. The Morgan fingerprint density at radius 1 is 1.48 bits per heavy atom. The third-order valence-corrected chi connectivity index (χ3v) is 5.17. The van der Waals surface area contributed by atoms with Crippen molar-refractivity contribution in [1.29, 1.82) is 0 Å². The van der Waals surface area contributed by atoms with Crippen LogP contribution in [0.15, 0.2) is 23.1 Å². The van der Waals surface area contributed by atoms with E-state index < -0.39 is 10.0 Å². The van der Waals surface area contributed by atoms with Crippen LogP contribution in [0.5, 0.6) is 0 Å². The minimum atomic E-state index is -3.54. The van der Waals surface area contributed by atoms with Gasteiger partial charge in [-0.25, -0.2) is 13.1 Å². The molecule has 0 spiro atoms. The zero-order chi connectivity index (χ0) is 15.5. The summed E-state index contributed by atoms with van der Waals surface area (Å²) in [6.07, 6.45) is 0.818. The molecular formula is C13H21N3O4S. The van der Waals surface area contributed by atoms with Crippen LogP contribution < -0.4 is 15.8 Å². The highest BCUT2D eigenvalue weighted by atomic mass is 32.2. The van der Waals surface area contributed by atoms with Gasteiger partial charge in [-0.15, -0.1) is 0 Å². The van der Waals surface area contributed by atoms with Gasteiger partial charge in [0.25, 0.3) is 0 Å². The molecule has 1 saturated heterocycles. The minimum Gasteiger partial charge on any atom is -0.398 e. The second-order valence-corrected chi connectivity index (χ2v) is 6.86. The minimum absolute atomic E-state index is 0.0706. The number of nitrogens with two attached hydrogens (primary N) is 1. The molecule has 1 heterocycles. The van der Waals surface area contributed by atoms with Crippen molar-refractivity contribution in [2.75, 3.05) is 45.0 Å². The van der Waals surface area contributed by atoms with E-state index in [9.17, 15) is 8.42 Å². The van der Waals surface area contributed by atoms with Crippen LogP contribution in [-0.2, 0) is 19.5 Å². The molecule has 0 bridgehead atoms. The largest absolute Gasteiger partial charge is 0.398 e. The lowest BCUT2D eigenvalue weighted by molar-refractivity contribution is -0.00619. The molecule has 0 radical (unpaired) electrons. The highest BCUT2D eigenvalue weighted by molar-refractivity contribution is 7.89. The highest BCUT2D eigenvalue weighted by Crippen LogP contribution is 2.25. The summed E-state index contributed by atoms with van der Waals surface area (Å²) < 4.78 is 36.6. The highest BCUT2D eigenvalue weighted by Gasteiger charge is 2.34. The van der Waals surface area contributed by atoms with Gasteiger partial charge in [-0.3, -0.25) is 0 Å². The van der Waals surface area contributed by atoms with Crippen molar-refractivity contribution in [3.8, 4) is 0 Å². The number of benzene rings is 1. The van der Waals surface area contributed by atoms with Gasteiger partial charge in [0, 0.05) is 32.4 Å². The fourth-order valence-electron chi connectivity index (χ4n) is 2.24. The first-order valence-electron chi connectivity index (χ1n) is 6.62. The van der Waals surface area contributed by atoms with Crippen LogP contribution >= 0.6 is 0 Å². The van der Waals surface area contributed by atoms with Crippen molar-refractivity contribution in [3.63, 3.8) is 0 Å². The number of nitrogen functional groups attached to an aromatic ring is 1. The van der Waals surface area contributed by atoms with E-state index >= 15 is 0 Å². The van der Waals surface area contributed by atoms with Gasteiger partial charge in [-0.2, -0.15) is 0 Å². The van der Waals surface area contributed by atoms with E-state index in [1.165, 1.54) is 13.1 Å². The third kappa shape index (κ3) is 3.46. The standard InChI is InChI=1S/C13H21N3O4S/c1-15-21(17,18)12-4-3-10(7-11(12)14)16-8-13(19-2)5-6-20-9-13/h3-4,7,15-16H,5-6,8-9,14H2,1-2H3. The normalized spacial score (nSPS) is 22.4. The van der Waals surface area contributed by atoms with Crippen LogP contribution in [0.1, 0.15) is 6.42 Å². The van der Waals surface area contributed by atoms with E-state index in [0.29, 0.717) is 19.8 Å². The number of sulfonamides is 1. The van der Waals surface area contributed by atoms with E-state index in [1.54, 1.807) is 19.2 Å². The van der Waals surface area contributed by atoms with Crippen LogP contribution in [0.4, 0.5) is 11.4 Å². The van der Waals surface area contributed by atoms with Gasteiger partial charge >= 0.3 is 0 Å². The lowest BCUT2D eigenvalue weighted by Gasteiger charge is -2.26. The van der Waals surface area contributed by atoms with Crippen molar-refractivity contribution < 1.29 is 17.9 Å². The van der Waals surface area contributed by atoms with Gasteiger partial charge in [0.2, 0.25) is 10.0 Å². The molecule has 1 aromatic carbocycles. The van der Waals surface area contributed by atoms with Crippen LogP contribution in [0, 0.1) is 0 Å². The molecule has 2 rings (SSSR count). The van der Waals surface area contributed by atoms with E-state index in [4.69, 9.17) is 15.2 Å². The fourth-order valence-corrected chi connectivity index (χ4v) is 3.07. The summed E-state index contributed by atoms with van der Waals surface area (Å²) in [4.78, 5) is 0.0706. The zero-order valence-corrected chi connectivity index (χ0v) is 13.0. The monoisotopic (exact) mass is 315 g/mol. The number of methoxy groups -OCH3 is 1. The van der Waals surface area contributed by atoms with Crippen molar-refractivity contribution in [1.82, 2.24) is 4.72 Å². The topological polar surface area (TPSA) is 103 Å². The number of hydrogen-bond donors (Lipinski definition) is 3. The van der Waals surface area contributed by atoms with Crippen LogP contribution in [-0.4, -0.2) is 47.9 Å². The molecule has 118 valence electrons. The molecule has 1 aromatic rings. The third-order valence-electron chi connectivity index (χ3n) is 3.68.